The van der Waals surface area contributed by atoms with Gasteiger partial charge in [-0.25, -0.2) is 14.4 Å². The smallest absolute Gasteiger partial charge is 0.419 e. The van der Waals surface area contributed by atoms with E-state index in [4.69, 9.17) is 10.5 Å². The lowest BCUT2D eigenvalue weighted by molar-refractivity contribution is -0.139. The molecule has 1 aromatic carbocycles. The average Bonchev–Trinajstić information content (AvgIpc) is 3.22. The molecule has 1 heterocycles. The number of aliphatic imine (C=N–C) groups is 1. The molecule has 1 aliphatic carbocycles. The van der Waals surface area contributed by atoms with Crippen LogP contribution in [-0.2, 0) is 6.18 Å². The quantitative estimate of drug-likeness (QED) is 0.371. The first kappa shape index (κ1) is 24.7. The molecule has 7 nitrogen and oxygen atoms in total. The lowest BCUT2D eigenvalue weighted by atomic mass is 10.2. The summed E-state index contributed by atoms with van der Waals surface area (Å²) in [7, 11) is 3.86. The van der Waals surface area contributed by atoms with Crippen LogP contribution in [0.4, 0.5) is 29.2 Å². The molecule has 0 saturated heterocycles. The number of guanidine groups is 1. The minimum absolute atomic E-state index is 0.0623. The monoisotopic (exact) mass is 468 g/mol. The average molecular weight is 468 g/mol. The fourth-order valence-electron chi connectivity index (χ4n) is 3.64. The number of hydrogen-bond acceptors (Lipinski definition) is 5. The number of benzene rings is 1. The first-order valence-electron chi connectivity index (χ1n) is 10.7. The predicted octanol–water partition coefficient (Wildman–Crippen LogP) is 4.28. The number of likely N-dealkylation sites (N-methyl/N-ethyl adjacent to an activating group) is 1. The van der Waals surface area contributed by atoms with Gasteiger partial charge in [0, 0.05) is 24.3 Å². The van der Waals surface area contributed by atoms with Crippen molar-refractivity contribution in [3.05, 3.63) is 41.3 Å². The van der Waals surface area contributed by atoms with Crippen LogP contribution in [0.3, 0.4) is 0 Å². The Balaban J connectivity index is 1.96. The van der Waals surface area contributed by atoms with Crippen LogP contribution in [0, 0.1) is 12.7 Å². The Kier molecular flexibility index (Phi) is 7.72. The van der Waals surface area contributed by atoms with Crippen LogP contribution in [0.25, 0.3) is 0 Å². The zero-order valence-corrected chi connectivity index (χ0v) is 18.9. The molecule has 3 rings (SSSR count). The molecule has 2 aromatic rings. The summed E-state index contributed by atoms with van der Waals surface area (Å²) in [4.78, 5) is 16.7. The predicted molar refractivity (Wildman–Crippen MR) is 118 cm³/mol. The molecule has 0 aliphatic heterocycles. The maximum absolute atomic E-state index is 13.7. The van der Waals surface area contributed by atoms with Crippen molar-refractivity contribution in [1.29, 1.82) is 0 Å². The normalized spacial score (nSPS) is 15.3. The van der Waals surface area contributed by atoms with E-state index < -0.39 is 17.6 Å². The van der Waals surface area contributed by atoms with Crippen molar-refractivity contribution in [2.75, 3.05) is 32.1 Å². The molecule has 2 N–H and O–H groups in total. The molecule has 0 radical (unpaired) electrons. The van der Waals surface area contributed by atoms with Crippen LogP contribution in [0.1, 0.15) is 36.9 Å². The van der Waals surface area contributed by atoms with Crippen molar-refractivity contribution in [3.8, 4) is 5.88 Å². The molecule has 1 aromatic heterocycles. The van der Waals surface area contributed by atoms with E-state index in [1.54, 1.807) is 17.9 Å². The molecule has 0 unspecified atom stereocenters. The number of halogens is 4. The van der Waals surface area contributed by atoms with Crippen molar-refractivity contribution in [1.82, 2.24) is 14.9 Å². The van der Waals surface area contributed by atoms with Crippen molar-refractivity contribution in [3.63, 3.8) is 0 Å². The Morgan fingerprint density at radius 2 is 1.88 bits per heavy atom. The third kappa shape index (κ3) is 6.53. The van der Waals surface area contributed by atoms with Crippen molar-refractivity contribution < 1.29 is 22.3 Å². The van der Waals surface area contributed by atoms with Gasteiger partial charge in [0.25, 0.3) is 0 Å². The Bertz CT molecular complexity index is 989. The van der Waals surface area contributed by atoms with E-state index in [-0.39, 0.29) is 23.6 Å². The molecule has 1 aliphatic rings. The van der Waals surface area contributed by atoms with Gasteiger partial charge < -0.3 is 15.4 Å². The Morgan fingerprint density at radius 1 is 1.18 bits per heavy atom. The first-order chi connectivity index (χ1) is 15.5. The van der Waals surface area contributed by atoms with Gasteiger partial charge in [-0.15, -0.1) is 0 Å². The van der Waals surface area contributed by atoms with E-state index in [1.807, 2.05) is 19.0 Å². The summed E-state index contributed by atoms with van der Waals surface area (Å²) in [5.41, 5.74) is 5.41. The number of alkyl halides is 3. The van der Waals surface area contributed by atoms with Gasteiger partial charge >= 0.3 is 6.18 Å². The lowest BCUT2D eigenvalue weighted by Gasteiger charge is -2.28. The Hall–Kier alpha value is -2.95. The molecule has 0 spiro atoms. The molecule has 33 heavy (non-hydrogen) atoms. The number of aryl methyl sites for hydroxylation is 1. The minimum atomic E-state index is -4.84. The molecule has 1 fully saturated rings. The Morgan fingerprint density at radius 3 is 2.52 bits per heavy atom. The van der Waals surface area contributed by atoms with E-state index in [9.17, 15) is 17.6 Å². The molecule has 0 bridgehead atoms. The van der Waals surface area contributed by atoms with E-state index in [2.05, 4.69) is 15.0 Å². The second-order valence-electron chi connectivity index (χ2n) is 8.24. The lowest BCUT2D eigenvalue weighted by Crippen LogP contribution is -2.45. The summed E-state index contributed by atoms with van der Waals surface area (Å²) in [6, 6.07) is 4.16. The third-order valence-electron chi connectivity index (χ3n) is 5.26. The van der Waals surface area contributed by atoms with Crippen LogP contribution >= 0.6 is 0 Å². The Labute approximate surface area is 190 Å². The minimum Gasteiger partial charge on any atom is -0.476 e. The standard InChI is InChI=1S/C22H28F4N6O/c1-14-12-19(33-11-10-31(2)3)30-21(28-14)32(16-6-4-5-7-16)20(27)29-15-8-9-18(23)17(13-15)22(24,25)26/h8-9,12-13,16H,4-7,10-11H2,1-3H3,(H2,27,29). The zero-order valence-electron chi connectivity index (χ0n) is 18.9. The van der Waals surface area contributed by atoms with Crippen molar-refractivity contribution in [2.24, 2.45) is 10.7 Å². The molecule has 1 saturated carbocycles. The molecule has 0 amide bonds. The SMILES string of the molecule is Cc1cc(OCCN(C)C)nc(N(C(N)=Nc2ccc(F)c(C(F)(F)F)c2)C2CCCC2)n1. The number of hydrogen-bond donors (Lipinski definition) is 1. The van der Waals surface area contributed by atoms with E-state index in [1.165, 1.54) is 0 Å². The molecule has 0 atom stereocenters. The summed E-state index contributed by atoms with van der Waals surface area (Å²) in [6.45, 7) is 2.91. The van der Waals surface area contributed by atoms with Crippen LogP contribution < -0.4 is 15.4 Å². The number of nitrogens with two attached hydrogens (primary N) is 1. The zero-order chi connectivity index (χ0) is 24.2. The van der Waals surface area contributed by atoms with Gasteiger partial charge in [0.05, 0.1) is 11.3 Å². The molecular formula is C22H28F4N6O. The second kappa shape index (κ2) is 10.3. The van der Waals surface area contributed by atoms with E-state index >= 15 is 0 Å². The number of rotatable bonds is 7. The molecule has 11 heteroatoms. The van der Waals surface area contributed by atoms with Gasteiger partial charge in [-0.2, -0.15) is 18.2 Å². The summed E-state index contributed by atoms with van der Waals surface area (Å²) in [6.07, 6.45) is -1.28. The highest BCUT2D eigenvalue weighted by atomic mass is 19.4. The number of anilines is 1. The second-order valence-corrected chi connectivity index (χ2v) is 8.24. The fraction of sp³-hybridized carbons (Fsp3) is 0.500. The maximum atomic E-state index is 13.7. The highest BCUT2D eigenvalue weighted by molar-refractivity contribution is 5.95. The number of nitrogens with zero attached hydrogens (tertiary/aromatic N) is 5. The van der Waals surface area contributed by atoms with Gasteiger partial charge in [-0.1, -0.05) is 12.8 Å². The van der Waals surface area contributed by atoms with Crippen LogP contribution in [0.5, 0.6) is 5.88 Å². The van der Waals surface area contributed by atoms with Crippen molar-refractivity contribution >= 4 is 17.6 Å². The largest absolute Gasteiger partial charge is 0.476 e. The maximum Gasteiger partial charge on any atom is 0.419 e. The topological polar surface area (TPSA) is 79.9 Å². The number of ether oxygens (including phenoxy) is 1. The van der Waals surface area contributed by atoms with E-state index in [0.29, 0.717) is 30.8 Å². The van der Waals surface area contributed by atoms with Gasteiger partial charge in [0.2, 0.25) is 17.8 Å². The van der Waals surface area contributed by atoms with Crippen molar-refractivity contribution in [2.45, 2.75) is 44.8 Å². The van der Waals surface area contributed by atoms with Gasteiger partial charge in [-0.3, -0.25) is 4.90 Å². The van der Waals surface area contributed by atoms with Crippen LogP contribution in [0.15, 0.2) is 29.3 Å². The van der Waals surface area contributed by atoms with Gasteiger partial charge in [0.15, 0.2) is 0 Å². The summed E-state index contributed by atoms with van der Waals surface area (Å²) >= 11 is 0. The summed E-state index contributed by atoms with van der Waals surface area (Å²) < 4.78 is 58.7. The molecular weight excluding hydrogens is 440 g/mol. The fourth-order valence-corrected chi connectivity index (χ4v) is 3.64. The third-order valence-corrected chi connectivity index (χ3v) is 5.26. The number of aromatic nitrogens is 2. The molecule has 180 valence electrons. The van der Waals surface area contributed by atoms with Crippen LogP contribution in [0.2, 0.25) is 0 Å². The van der Waals surface area contributed by atoms with E-state index in [0.717, 1.165) is 37.8 Å². The van der Waals surface area contributed by atoms with Gasteiger partial charge in [-0.05, 0) is 52.1 Å². The van der Waals surface area contributed by atoms with Crippen LogP contribution in [-0.4, -0.2) is 54.1 Å². The first-order valence-corrected chi connectivity index (χ1v) is 10.7. The summed E-state index contributed by atoms with van der Waals surface area (Å²) in [5.74, 6) is -0.793. The summed E-state index contributed by atoms with van der Waals surface area (Å²) in [5, 5.41) is 0. The van der Waals surface area contributed by atoms with Gasteiger partial charge in [0.1, 0.15) is 12.4 Å². The highest BCUT2D eigenvalue weighted by Crippen LogP contribution is 2.34. The highest BCUT2D eigenvalue weighted by Gasteiger charge is 2.34.